The molecule has 2 saturated carbocycles. The summed E-state index contributed by atoms with van der Waals surface area (Å²) in [5.41, 5.74) is 2.44. The van der Waals surface area contributed by atoms with Crippen molar-refractivity contribution in [3.8, 4) is 0 Å². The van der Waals surface area contributed by atoms with Crippen LogP contribution in [-0.2, 0) is 0 Å². The molecule has 0 amide bonds. The zero-order valence-corrected chi connectivity index (χ0v) is 16.5. The summed E-state index contributed by atoms with van der Waals surface area (Å²) >= 11 is 0. The zero-order chi connectivity index (χ0) is 19.2. The number of alkyl halides is 2. The van der Waals surface area contributed by atoms with Crippen molar-refractivity contribution in [3.05, 3.63) is 47.3 Å². The minimum absolute atomic E-state index is 0.112. The van der Waals surface area contributed by atoms with Crippen LogP contribution in [0.15, 0.2) is 30.4 Å². The van der Waals surface area contributed by atoms with Crippen molar-refractivity contribution in [3.63, 3.8) is 0 Å². The standard InChI is InChI=1S/C24H33F3/c1-17-6-15-22(25)16-23(17)21-13-11-20(12-14-21)19-9-7-18(8-10-19)4-2-3-5-24(26)27/h3,5-6,15-16,18-21,24H,2,4,7-14H2,1H3/b5-3+. The lowest BCUT2D eigenvalue weighted by atomic mass is 9.67. The van der Waals surface area contributed by atoms with Gasteiger partial charge in [0.15, 0.2) is 0 Å². The van der Waals surface area contributed by atoms with E-state index in [1.807, 2.05) is 6.07 Å². The highest BCUT2D eigenvalue weighted by Crippen LogP contribution is 2.45. The molecule has 2 aliphatic carbocycles. The molecule has 1 aromatic rings. The lowest BCUT2D eigenvalue weighted by Gasteiger charge is -2.38. The number of hydrogen-bond donors (Lipinski definition) is 0. The first-order valence-corrected chi connectivity index (χ1v) is 10.7. The van der Waals surface area contributed by atoms with Crippen LogP contribution in [0.2, 0.25) is 0 Å². The van der Waals surface area contributed by atoms with Gasteiger partial charge in [-0.15, -0.1) is 0 Å². The number of benzene rings is 1. The monoisotopic (exact) mass is 378 g/mol. The van der Waals surface area contributed by atoms with E-state index >= 15 is 0 Å². The Morgan fingerprint density at radius 1 is 0.963 bits per heavy atom. The predicted molar refractivity (Wildman–Crippen MR) is 106 cm³/mol. The van der Waals surface area contributed by atoms with Crippen LogP contribution < -0.4 is 0 Å². The van der Waals surface area contributed by atoms with E-state index in [1.165, 1.54) is 62.5 Å². The Labute approximate surface area is 162 Å². The molecule has 2 fully saturated rings. The van der Waals surface area contributed by atoms with Crippen molar-refractivity contribution >= 4 is 0 Å². The van der Waals surface area contributed by atoms with Crippen LogP contribution >= 0.6 is 0 Å². The van der Waals surface area contributed by atoms with Crippen LogP contribution in [0, 0.1) is 30.5 Å². The van der Waals surface area contributed by atoms with Crippen LogP contribution in [0.1, 0.15) is 81.3 Å². The zero-order valence-electron chi connectivity index (χ0n) is 16.5. The number of hydrogen-bond acceptors (Lipinski definition) is 0. The summed E-state index contributed by atoms with van der Waals surface area (Å²) in [5, 5.41) is 0. The second-order valence-corrected chi connectivity index (χ2v) is 8.73. The summed E-state index contributed by atoms with van der Waals surface area (Å²) in [5.74, 6) is 2.80. The van der Waals surface area contributed by atoms with Crippen LogP contribution in [0.4, 0.5) is 13.2 Å². The number of rotatable bonds is 6. The van der Waals surface area contributed by atoms with Gasteiger partial charge in [-0.1, -0.05) is 25.0 Å². The van der Waals surface area contributed by atoms with E-state index in [0.29, 0.717) is 5.92 Å². The summed E-state index contributed by atoms with van der Waals surface area (Å²) in [7, 11) is 0. The second-order valence-electron chi connectivity index (χ2n) is 8.73. The second kappa shape index (κ2) is 9.80. The fourth-order valence-corrected chi connectivity index (χ4v) is 5.43. The summed E-state index contributed by atoms with van der Waals surface area (Å²) < 4.78 is 37.9. The van der Waals surface area contributed by atoms with Gasteiger partial charge in [-0.3, -0.25) is 0 Å². The highest BCUT2D eigenvalue weighted by Gasteiger charge is 2.31. The van der Waals surface area contributed by atoms with Crippen molar-refractivity contribution in [2.45, 2.75) is 83.5 Å². The quantitative estimate of drug-likeness (QED) is 0.443. The molecule has 0 bridgehead atoms. The molecule has 27 heavy (non-hydrogen) atoms. The highest BCUT2D eigenvalue weighted by molar-refractivity contribution is 5.30. The average molecular weight is 379 g/mol. The van der Waals surface area contributed by atoms with Gasteiger partial charge in [0, 0.05) is 0 Å². The number of allylic oxidation sites excluding steroid dienone is 2. The Balaban J connectivity index is 1.41. The van der Waals surface area contributed by atoms with Gasteiger partial charge in [-0.05, 0) is 111 Å². The van der Waals surface area contributed by atoms with Crippen LogP contribution in [-0.4, -0.2) is 6.43 Å². The molecule has 150 valence electrons. The Bertz CT molecular complexity index is 606. The van der Waals surface area contributed by atoms with Gasteiger partial charge in [0.25, 0.3) is 6.43 Å². The molecule has 0 spiro atoms. The van der Waals surface area contributed by atoms with E-state index in [4.69, 9.17) is 0 Å². The van der Waals surface area contributed by atoms with Crippen molar-refractivity contribution in [2.75, 3.05) is 0 Å². The molecule has 0 heterocycles. The third-order valence-electron chi connectivity index (χ3n) is 7.03. The Morgan fingerprint density at radius 3 is 2.22 bits per heavy atom. The summed E-state index contributed by atoms with van der Waals surface area (Å²) in [6.45, 7) is 2.10. The molecule has 0 nitrogen and oxygen atoms in total. The van der Waals surface area contributed by atoms with Gasteiger partial charge in [0.2, 0.25) is 0 Å². The van der Waals surface area contributed by atoms with Crippen molar-refractivity contribution in [1.29, 1.82) is 0 Å². The van der Waals surface area contributed by atoms with Gasteiger partial charge in [-0.2, -0.15) is 0 Å². The maximum atomic E-state index is 13.6. The van der Waals surface area contributed by atoms with Gasteiger partial charge < -0.3 is 0 Å². The molecule has 0 N–H and O–H groups in total. The minimum Gasteiger partial charge on any atom is -0.207 e. The highest BCUT2D eigenvalue weighted by atomic mass is 19.3. The third-order valence-corrected chi connectivity index (χ3v) is 7.03. The fraction of sp³-hybridized carbons (Fsp3) is 0.667. The average Bonchev–Trinajstić information content (AvgIpc) is 2.68. The molecule has 3 rings (SSSR count). The van der Waals surface area contributed by atoms with Crippen molar-refractivity contribution < 1.29 is 13.2 Å². The molecule has 3 heteroatoms. The Hall–Kier alpha value is -1.25. The lowest BCUT2D eigenvalue weighted by Crippen LogP contribution is -2.25. The van der Waals surface area contributed by atoms with Gasteiger partial charge in [0.05, 0.1) is 0 Å². The molecule has 0 atom stereocenters. The van der Waals surface area contributed by atoms with Gasteiger partial charge in [-0.25, -0.2) is 13.2 Å². The van der Waals surface area contributed by atoms with Crippen LogP contribution in [0.5, 0.6) is 0 Å². The largest absolute Gasteiger partial charge is 0.257 e. The predicted octanol–water partition coefficient (Wildman–Crippen LogP) is 7.82. The molecule has 1 aromatic carbocycles. The SMILES string of the molecule is Cc1ccc(F)cc1C1CCC(C2CCC(CC/C=C/C(F)F)CC2)CC1. The van der Waals surface area contributed by atoms with E-state index in [0.717, 1.165) is 36.7 Å². The summed E-state index contributed by atoms with van der Waals surface area (Å²) in [6.07, 6.45) is 12.2. The van der Waals surface area contributed by atoms with E-state index < -0.39 is 6.43 Å². The number of halogens is 3. The van der Waals surface area contributed by atoms with Crippen molar-refractivity contribution in [2.24, 2.45) is 17.8 Å². The Kier molecular flexibility index (Phi) is 7.43. The molecule has 0 aromatic heterocycles. The van der Waals surface area contributed by atoms with Gasteiger partial charge >= 0.3 is 0 Å². The minimum atomic E-state index is -2.31. The molecule has 2 aliphatic rings. The normalized spacial score (nSPS) is 29.5. The molecular formula is C24H33F3. The number of aryl methyl sites for hydroxylation is 1. The summed E-state index contributed by atoms with van der Waals surface area (Å²) in [4.78, 5) is 0. The maximum absolute atomic E-state index is 13.6. The maximum Gasteiger partial charge on any atom is 0.257 e. The smallest absolute Gasteiger partial charge is 0.207 e. The molecular weight excluding hydrogens is 345 g/mol. The van der Waals surface area contributed by atoms with Crippen molar-refractivity contribution in [1.82, 2.24) is 0 Å². The molecule has 0 saturated heterocycles. The lowest BCUT2D eigenvalue weighted by molar-refractivity contribution is 0.157. The van der Waals surface area contributed by atoms with E-state index in [-0.39, 0.29) is 5.82 Å². The topological polar surface area (TPSA) is 0 Å². The van der Waals surface area contributed by atoms with E-state index in [9.17, 15) is 13.2 Å². The molecule has 0 aliphatic heterocycles. The van der Waals surface area contributed by atoms with E-state index in [1.54, 1.807) is 18.2 Å². The summed E-state index contributed by atoms with van der Waals surface area (Å²) in [6, 6.07) is 5.22. The molecule has 0 unspecified atom stereocenters. The van der Waals surface area contributed by atoms with Crippen LogP contribution in [0.25, 0.3) is 0 Å². The van der Waals surface area contributed by atoms with E-state index in [2.05, 4.69) is 6.92 Å². The fourth-order valence-electron chi connectivity index (χ4n) is 5.43. The van der Waals surface area contributed by atoms with Gasteiger partial charge in [0.1, 0.15) is 5.82 Å². The first-order chi connectivity index (χ1) is 13.0. The van der Waals surface area contributed by atoms with Crippen LogP contribution in [0.3, 0.4) is 0 Å². The third kappa shape index (κ3) is 5.86. The Morgan fingerprint density at radius 2 is 1.59 bits per heavy atom. The first kappa shape index (κ1) is 20.5. The molecule has 0 radical (unpaired) electrons. The first-order valence-electron chi connectivity index (χ1n) is 10.7.